The minimum Gasteiger partial charge on any atom is -0.312 e. The predicted octanol–water partition coefficient (Wildman–Crippen LogP) is 4.05. The summed E-state index contributed by atoms with van der Waals surface area (Å²) in [7, 11) is -0.465. The summed E-state index contributed by atoms with van der Waals surface area (Å²) in [6.45, 7) is 2.74. The standard InChI is InChI=1S/C23H27Cl2N3O3S/c1-26(2)32(30,31)18-8-9-22-16(13-18)10-12-28(22)23(29)17-5-4-11-27(14-17)15-19-20(24)6-3-7-21(19)25/h3,6-9,13,17H,4-5,10-12,14-15H2,1-2H3. The first kappa shape index (κ1) is 23.5. The molecule has 0 spiro atoms. The molecule has 2 aromatic carbocycles. The van der Waals surface area contributed by atoms with Crippen LogP contribution < -0.4 is 4.90 Å². The zero-order chi connectivity index (χ0) is 23.0. The van der Waals surface area contributed by atoms with Crippen LogP contribution in [0.5, 0.6) is 0 Å². The van der Waals surface area contributed by atoms with E-state index in [9.17, 15) is 13.2 Å². The van der Waals surface area contributed by atoms with Gasteiger partial charge in [-0.3, -0.25) is 9.69 Å². The van der Waals surface area contributed by atoms with E-state index in [1.165, 1.54) is 18.4 Å². The average molecular weight is 496 g/mol. The molecule has 2 aromatic rings. The number of hydrogen-bond acceptors (Lipinski definition) is 4. The fraction of sp³-hybridized carbons (Fsp3) is 0.435. The van der Waals surface area contributed by atoms with E-state index in [4.69, 9.17) is 23.2 Å². The van der Waals surface area contributed by atoms with E-state index in [0.29, 0.717) is 36.1 Å². The molecule has 0 N–H and O–H groups in total. The number of nitrogens with zero attached hydrogens (tertiary/aromatic N) is 3. The van der Waals surface area contributed by atoms with Gasteiger partial charge in [0.05, 0.1) is 10.8 Å². The van der Waals surface area contributed by atoms with Crippen molar-refractivity contribution in [2.45, 2.75) is 30.7 Å². The Balaban J connectivity index is 1.49. The second-order valence-corrected chi connectivity index (χ2v) is 11.6. The number of anilines is 1. The maximum Gasteiger partial charge on any atom is 0.242 e. The number of carbonyl (C=O) groups is 1. The minimum absolute atomic E-state index is 0.0990. The summed E-state index contributed by atoms with van der Waals surface area (Å²) in [5.74, 6) is -0.0110. The molecule has 32 heavy (non-hydrogen) atoms. The smallest absolute Gasteiger partial charge is 0.242 e. The predicted molar refractivity (Wildman–Crippen MR) is 128 cm³/mol. The Morgan fingerprint density at radius 3 is 2.53 bits per heavy atom. The van der Waals surface area contributed by atoms with Gasteiger partial charge in [0.1, 0.15) is 0 Å². The van der Waals surface area contributed by atoms with Crippen molar-refractivity contribution in [1.29, 1.82) is 0 Å². The van der Waals surface area contributed by atoms with Gasteiger partial charge in [-0.15, -0.1) is 0 Å². The second-order valence-electron chi connectivity index (χ2n) is 8.59. The number of piperidine rings is 1. The summed E-state index contributed by atoms with van der Waals surface area (Å²) in [5.41, 5.74) is 2.61. The molecule has 0 saturated carbocycles. The summed E-state index contributed by atoms with van der Waals surface area (Å²) in [6, 6.07) is 10.6. The molecular weight excluding hydrogens is 469 g/mol. The molecule has 1 unspecified atom stereocenters. The Labute approximate surface area is 199 Å². The summed E-state index contributed by atoms with van der Waals surface area (Å²) >= 11 is 12.7. The van der Waals surface area contributed by atoms with Gasteiger partial charge in [0.2, 0.25) is 15.9 Å². The van der Waals surface area contributed by atoms with Crippen LogP contribution in [0.3, 0.4) is 0 Å². The maximum atomic E-state index is 13.4. The van der Waals surface area contributed by atoms with Gasteiger partial charge in [0.25, 0.3) is 0 Å². The first-order valence-electron chi connectivity index (χ1n) is 10.7. The van der Waals surface area contributed by atoms with E-state index >= 15 is 0 Å². The van der Waals surface area contributed by atoms with E-state index in [2.05, 4.69) is 4.90 Å². The molecule has 1 amide bonds. The molecule has 2 aliphatic heterocycles. The highest BCUT2D eigenvalue weighted by molar-refractivity contribution is 7.89. The van der Waals surface area contributed by atoms with Crippen molar-refractivity contribution >= 4 is 44.8 Å². The number of amides is 1. The van der Waals surface area contributed by atoms with Crippen molar-refractivity contribution < 1.29 is 13.2 Å². The molecule has 1 atom stereocenters. The third kappa shape index (κ3) is 4.54. The number of sulfonamides is 1. The van der Waals surface area contributed by atoms with Gasteiger partial charge < -0.3 is 4.90 Å². The Kier molecular flexibility index (Phi) is 6.84. The topological polar surface area (TPSA) is 60.9 Å². The van der Waals surface area contributed by atoms with Crippen LogP contribution in [-0.4, -0.2) is 57.3 Å². The third-order valence-electron chi connectivity index (χ3n) is 6.29. The van der Waals surface area contributed by atoms with Gasteiger partial charge >= 0.3 is 0 Å². The fourth-order valence-electron chi connectivity index (χ4n) is 4.51. The maximum absolute atomic E-state index is 13.4. The Morgan fingerprint density at radius 1 is 1.12 bits per heavy atom. The third-order valence-corrected chi connectivity index (χ3v) is 8.81. The lowest BCUT2D eigenvalue weighted by atomic mass is 9.96. The summed E-state index contributed by atoms with van der Waals surface area (Å²) in [4.78, 5) is 17.7. The summed E-state index contributed by atoms with van der Waals surface area (Å²) in [6.07, 6.45) is 2.42. The van der Waals surface area contributed by atoms with E-state index < -0.39 is 10.0 Å². The normalized spacial score (nSPS) is 19.4. The Morgan fingerprint density at radius 2 is 1.84 bits per heavy atom. The molecule has 2 aliphatic rings. The van der Waals surface area contributed by atoms with Crippen LogP contribution in [0.15, 0.2) is 41.3 Å². The van der Waals surface area contributed by atoms with Crippen molar-refractivity contribution in [1.82, 2.24) is 9.21 Å². The van der Waals surface area contributed by atoms with E-state index in [-0.39, 0.29) is 16.7 Å². The van der Waals surface area contributed by atoms with Crippen LogP contribution in [0.2, 0.25) is 10.0 Å². The lowest BCUT2D eigenvalue weighted by molar-refractivity contribution is -0.124. The Hall–Kier alpha value is -1.64. The van der Waals surface area contributed by atoms with Crippen molar-refractivity contribution in [3.63, 3.8) is 0 Å². The zero-order valence-corrected chi connectivity index (χ0v) is 20.6. The number of carbonyl (C=O) groups excluding carboxylic acids is 1. The van der Waals surface area contributed by atoms with E-state index in [0.717, 1.165) is 36.2 Å². The highest BCUT2D eigenvalue weighted by atomic mass is 35.5. The van der Waals surface area contributed by atoms with Crippen LogP contribution in [0, 0.1) is 5.92 Å². The molecule has 4 rings (SSSR count). The molecule has 0 radical (unpaired) electrons. The average Bonchev–Trinajstić information content (AvgIpc) is 3.19. The largest absolute Gasteiger partial charge is 0.312 e. The van der Waals surface area contributed by atoms with Crippen molar-refractivity contribution in [3.05, 3.63) is 57.6 Å². The molecule has 0 aliphatic carbocycles. The molecule has 1 saturated heterocycles. The fourth-order valence-corrected chi connectivity index (χ4v) is 5.98. The van der Waals surface area contributed by atoms with Crippen LogP contribution in [0.4, 0.5) is 5.69 Å². The highest BCUT2D eigenvalue weighted by Gasteiger charge is 2.34. The van der Waals surface area contributed by atoms with E-state index in [1.807, 2.05) is 23.1 Å². The summed E-state index contributed by atoms with van der Waals surface area (Å²) in [5, 5.41) is 1.28. The zero-order valence-electron chi connectivity index (χ0n) is 18.2. The first-order valence-corrected chi connectivity index (χ1v) is 12.9. The van der Waals surface area contributed by atoms with Crippen molar-refractivity contribution in [2.75, 3.05) is 38.6 Å². The molecule has 172 valence electrons. The monoisotopic (exact) mass is 495 g/mol. The first-order chi connectivity index (χ1) is 15.2. The van der Waals surface area contributed by atoms with Crippen LogP contribution in [0.1, 0.15) is 24.0 Å². The number of rotatable bonds is 5. The molecule has 0 aromatic heterocycles. The van der Waals surface area contributed by atoms with Gasteiger partial charge in [-0.2, -0.15) is 0 Å². The van der Waals surface area contributed by atoms with Crippen LogP contribution in [0.25, 0.3) is 0 Å². The number of likely N-dealkylation sites (tertiary alicyclic amines) is 1. The SMILES string of the molecule is CN(C)S(=O)(=O)c1ccc2c(c1)CCN2C(=O)C1CCCN(Cc2c(Cl)cccc2Cl)C1. The number of fused-ring (bicyclic) bond motifs is 1. The molecule has 1 fully saturated rings. The minimum atomic E-state index is -3.50. The van der Waals surface area contributed by atoms with Gasteiger partial charge in [-0.1, -0.05) is 29.3 Å². The lowest BCUT2D eigenvalue weighted by Gasteiger charge is -2.34. The van der Waals surface area contributed by atoms with Gasteiger partial charge in [-0.25, -0.2) is 12.7 Å². The van der Waals surface area contributed by atoms with Gasteiger partial charge in [0, 0.05) is 55.0 Å². The van der Waals surface area contributed by atoms with Crippen LogP contribution in [-0.2, 0) is 27.8 Å². The second kappa shape index (κ2) is 9.31. The summed E-state index contributed by atoms with van der Waals surface area (Å²) < 4.78 is 26.1. The molecule has 2 heterocycles. The van der Waals surface area contributed by atoms with Crippen molar-refractivity contribution in [3.8, 4) is 0 Å². The van der Waals surface area contributed by atoms with Crippen molar-refractivity contribution in [2.24, 2.45) is 5.92 Å². The van der Waals surface area contributed by atoms with Gasteiger partial charge in [-0.05, 0) is 61.7 Å². The van der Waals surface area contributed by atoms with Crippen LogP contribution >= 0.6 is 23.2 Å². The molecule has 0 bridgehead atoms. The number of benzene rings is 2. The van der Waals surface area contributed by atoms with E-state index in [1.54, 1.807) is 18.2 Å². The quantitative estimate of drug-likeness (QED) is 0.627. The number of hydrogen-bond donors (Lipinski definition) is 0. The highest BCUT2D eigenvalue weighted by Crippen LogP contribution is 2.34. The molecular formula is C23H27Cl2N3O3S. The molecule has 9 heteroatoms. The number of halogens is 2. The Bertz CT molecular complexity index is 1120. The van der Waals surface area contributed by atoms with Gasteiger partial charge in [0.15, 0.2) is 0 Å². The molecule has 6 nitrogen and oxygen atoms in total. The lowest BCUT2D eigenvalue weighted by Crippen LogP contribution is -2.44.